The van der Waals surface area contributed by atoms with Crippen molar-refractivity contribution < 1.29 is 92.3 Å². The molecule has 11 atom stereocenters. The van der Waals surface area contributed by atoms with Crippen LogP contribution in [0.3, 0.4) is 0 Å². The zero-order valence-corrected chi connectivity index (χ0v) is 54.4. The summed E-state index contributed by atoms with van der Waals surface area (Å²) in [4.78, 5) is 198. The lowest BCUT2D eigenvalue weighted by Gasteiger charge is -2.28. The van der Waals surface area contributed by atoms with Crippen molar-refractivity contribution in [3.63, 3.8) is 0 Å². The number of carboxylic acid groups (broad SMARTS) is 4. The van der Waals surface area contributed by atoms with Crippen molar-refractivity contribution >= 4 is 88.9 Å². The van der Waals surface area contributed by atoms with E-state index in [2.05, 4.69) is 58.5 Å². The van der Waals surface area contributed by atoms with Crippen LogP contribution in [0.25, 0.3) is 0 Å². The number of carboxylic acids is 4. The number of amides is 11. The normalized spacial score (nSPS) is 14.7. The van der Waals surface area contributed by atoms with Crippen molar-refractivity contribution in [1.29, 1.82) is 0 Å². The third-order valence-corrected chi connectivity index (χ3v) is 14.8. The number of unbranched alkanes of at least 4 members (excludes halogenated alkanes) is 2. The Morgan fingerprint density at radius 1 is 0.409 bits per heavy atom. The molecule has 32 heteroatoms. The third-order valence-electron chi connectivity index (χ3n) is 14.8. The van der Waals surface area contributed by atoms with Gasteiger partial charge in [-0.05, 0) is 102 Å². The van der Waals surface area contributed by atoms with Gasteiger partial charge in [-0.15, -0.1) is 0 Å². The van der Waals surface area contributed by atoms with E-state index in [1.54, 1.807) is 65.0 Å². The highest BCUT2D eigenvalue weighted by atomic mass is 16.4. The maximum Gasteiger partial charge on any atom is 0.305 e. The molecule has 1 aromatic carbocycles. The van der Waals surface area contributed by atoms with E-state index in [0.29, 0.717) is 12.8 Å². The Balaban J connectivity index is 3.58. The number of nitrogens with two attached hydrogens (primary N) is 2. The molecule has 32 nitrogen and oxygen atoms in total. The standard InChI is InChI=1S/C61H99N13O19/c1-9-11-19-39(55(87)72-43(23-27-49(78)79)59(91)73-44(24-28-50(80)81)58(90)71-42(22-26-48(76)77)54(86)66-36(8)52(84)65-35(7)34(5)6)69-57(89)41(21-25-47(63)75)70-56(88)40(20-15-16-29-62)68-53(85)38(10-2)67-61(93)46(30-33(3)4)74-60(92)45(31-51(82)83)64-32-37-17-13-12-14-18-37/h12-14,17-18,33-36,38-46,64H,9-11,15-16,19-32,62H2,1-8H3,(H2,63,75)(H,65,84)(H,66,86)(H,67,93)(H,68,85)(H,69,89)(H,70,88)(H,71,90)(H,72,87)(H,73,91)(H,74,92)(H,76,77)(H,78,79)(H,80,81)(H,82,83)/t35-,36+,38-,39+,40+,41+,42+,43+,44+,45+,46+/m1/s1. The average molecular weight is 1320 g/mol. The quantitative estimate of drug-likeness (QED) is 0.0341. The molecule has 1 rings (SSSR count). The van der Waals surface area contributed by atoms with E-state index < -0.39 is 207 Å². The molecule has 0 spiro atoms. The van der Waals surface area contributed by atoms with Gasteiger partial charge in [0.25, 0.3) is 0 Å². The summed E-state index contributed by atoms with van der Waals surface area (Å²) in [7, 11) is 0. The van der Waals surface area contributed by atoms with Gasteiger partial charge in [0.1, 0.15) is 54.4 Å². The summed E-state index contributed by atoms with van der Waals surface area (Å²) in [5.74, 6) is -16.2. The SMILES string of the molecule is CCCC[C@H](NC(=O)[C@H](CCC(N)=O)NC(=O)[C@H](CCCCN)NC(=O)[C@@H](CC)NC(=O)[C@H](CC(C)C)NC(=O)[C@H](CC(=O)O)NCc1ccccc1)C(=O)N[C@@H](CCC(=O)O)C(=O)N[C@@H](CCC(=O)O)C(=O)N[C@@H](CCC(=O)O)C(=O)N[C@@H](C)C(=O)N[C@H](C)C(C)C. The molecular formula is C61H99N13O19. The van der Waals surface area contributed by atoms with Gasteiger partial charge in [-0.3, -0.25) is 71.9 Å². The van der Waals surface area contributed by atoms with Crippen LogP contribution in [0.15, 0.2) is 30.3 Å². The molecule has 0 aliphatic rings. The monoisotopic (exact) mass is 1320 g/mol. The van der Waals surface area contributed by atoms with E-state index in [-0.39, 0.29) is 69.5 Å². The van der Waals surface area contributed by atoms with E-state index in [1.807, 2.05) is 13.8 Å². The van der Waals surface area contributed by atoms with Gasteiger partial charge in [0.15, 0.2) is 0 Å². The average Bonchev–Trinajstić information content (AvgIpc) is 1.24. The third kappa shape index (κ3) is 33.9. The molecule has 0 saturated heterocycles. The van der Waals surface area contributed by atoms with Gasteiger partial charge in [-0.25, -0.2) is 0 Å². The summed E-state index contributed by atoms with van der Waals surface area (Å²) in [5.41, 5.74) is 12.0. The van der Waals surface area contributed by atoms with Crippen LogP contribution in [-0.4, -0.2) is 182 Å². The first-order chi connectivity index (χ1) is 43.7. The van der Waals surface area contributed by atoms with Gasteiger partial charge >= 0.3 is 23.9 Å². The van der Waals surface area contributed by atoms with Gasteiger partial charge in [0.05, 0.1) is 12.5 Å². The van der Waals surface area contributed by atoms with Gasteiger partial charge in [-0.1, -0.05) is 84.7 Å². The van der Waals surface area contributed by atoms with Crippen LogP contribution in [0.4, 0.5) is 0 Å². The van der Waals surface area contributed by atoms with Gasteiger partial charge in [0, 0.05) is 38.3 Å². The highest BCUT2D eigenvalue weighted by Crippen LogP contribution is 2.13. The van der Waals surface area contributed by atoms with Crippen LogP contribution >= 0.6 is 0 Å². The number of hydrogen-bond donors (Lipinski definition) is 17. The van der Waals surface area contributed by atoms with Crippen molar-refractivity contribution in [2.24, 2.45) is 23.3 Å². The first kappa shape index (κ1) is 82.2. The lowest BCUT2D eigenvalue weighted by Crippen LogP contribution is -2.60. The molecule has 522 valence electrons. The smallest absolute Gasteiger partial charge is 0.305 e. The summed E-state index contributed by atoms with van der Waals surface area (Å²) in [5, 5.41) is 66.2. The number of hydrogen-bond acceptors (Lipinski definition) is 17. The highest BCUT2D eigenvalue weighted by Gasteiger charge is 2.36. The lowest BCUT2D eigenvalue weighted by molar-refractivity contribution is -0.140. The topological polar surface area (TPSA) is 521 Å². The molecule has 0 fully saturated rings. The molecule has 0 aromatic heterocycles. The van der Waals surface area contributed by atoms with E-state index in [0.717, 1.165) is 5.56 Å². The molecule has 0 unspecified atom stereocenters. The number of benzene rings is 1. The number of carbonyl (C=O) groups excluding carboxylic acids is 11. The highest BCUT2D eigenvalue weighted by molar-refractivity contribution is 5.99. The number of rotatable bonds is 48. The summed E-state index contributed by atoms with van der Waals surface area (Å²) in [6.45, 7) is 13.9. The summed E-state index contributed by atoms with van der Waals surface area (Å²) < 4.78 is 0. The van der Waals surface area contributed by atoms with E-state index in [1.165, 1.54) is 6.92 Å². The zero-order chi connectivity index (χ0) is 70.5. The fourth-order valence-corrected chi connectivity index (χ4v) is 9.00. The van der Waals surface area contributed by atoms with Crippen LogP contribution in [0, 0.1) is 11.8 Å². The number of carbonyl (C=O) groups is 15. The van der Waals surface area contributed by atoms with Crippen molar-refractivity contribution in [3.05, 3.63) is 35.9 Å². The second-order valence-corrected chi connectivity index (χ2v) is 23.5. The van der Waals surface area contributed by atoms with Crippen LogP contribution in [0.5, 0.6) is 0 Å². The van der Waals surface area contributed by atoms with Crippen molar-refractivity contribution in [2.75, 3.05) is 6.54 Å². The summed E-state index contributed by atoms with van der Waals surface area (Å²) >= 11 is 0. The second kappa shape index (κ2) is 43.9. The van der Waals surface area contributed by atoms with E-state index in [9.17, 15) is 92.3 Å². The maximum absolute atomic E-state index is 14.3. The predicted molar refractivity (Wildman–Crippen MR) is 336 cm³/mol. The Morgan fingerprint density at radius 3 is 1.15 bits per heavy atom. The van der Waals surface area contributed by atoms with Gasteiger partial charge < -0.3 is 90.4 Å². The molecule has 19 N–H and O–H groups in total. The van der Waals surface area contributed by atoms with Crippen LogP contribution < -0.4 is 70.0 Å². The fourth-order valence-electron chi connectivity index (χ4n) is 9.00. The Hall–Kier alpha value is -8.81. The maximum atomic E-state index is 14.3. The molecule has 1 aromatic rings. The van der Waals surface area contributed by atoms with E-state index >= 15 is 0 Å². The largest absolute Gasteiger partial charge is 0.481 e. The summed E-state index contributed by atoms with van der Waals surface area (Å²) in [6.07, 6.45) is -4.55. The molecule has 11 amide bonds. The molecule has 0 aliphatic heterocycles. The van der Waals surface area contributed by atoms with Crippen LogP contribution in [0.1, 0.15) is 170 Å². The zero-order valence-electron chi connectivity index (χ0n) is 54.4. The number of primary amides is 1. The van der Waals surface area contributed by atoms with E-state index in [4.69, 9.17) is 11.5 Å². The second-order valence-electron chi connectivity index (χ2n) is 23.5. The minimum Gasteiger partial charge on any atom is -0.481 e. The van der Waals surface area contributed by atoms with Crippen molar-refractivity contribution in [3.8, 4) is 0 Å². The van der Waals surface area contributed by atoms with Crippen molar-refractivity contribution in [2.45, 2.75) is 238 Å². The minimum atomic E-state index is -1.83. The first-order valence-electron chi connectivity index (χ1n) is 31.4. The molecule has 93 heavy (non-hydrogen) atoms. The first-order valence-corrected chi connectivity index (χ1v) is 31.4. The molecular weight excluding hydrogens is 1220 g/mol. The Morgan fingerprint density at radius 2 is 0.774 bits per heavy atom. The molecule has 0 saturated carbocycles. The van der Waals surface area contributed by atoms with Gasteiger partial charge in [0.2, 0.25) is 65.0 Å². The Bertz CT molecular complexity index is 2680. The summed E-state index contributed by atoms with van der Waals surface area (Å²) in [6, 6.07) is -6.42. The number of nitrogens with one attached hydrogen (secondary N) is 11. The predicted octanol–water partition coefficient (Wildman–Crippen LogP) is -1.20. The minimum absolute atomic E-state index is 0.0123. The fraction of sp³-hybridized carbons (Fsp3) is 0.656. The number of aliphatic carboxylic acids is 4. The van der Waals surface area contributed by atoms with Crippen LogP contribution in [0.2, 0.25) is 0 Å². The van der Waals surface area contributed by atoms with Crippen molar-refractivity contribution in [1.82, 2.24) is 58.5 Å². The Kier molecular flexibility index (Phi) is 38.8. The molecule has 0 radical (unpaired) electrons. The van der Waals surface area contributed by atoms with Crippen LogP contribution in [-0.2, 0) is 78.5 Å². The van der Waals surface area contributed by atoms with Gasteiger partial charge in [-0.2, -0.15) is 0 Å². The molecule has 0 heterocycles. The molecule has 0 aliphatic carbocycles. The lowest BCUT2D eigenvalue weighted by atomic mass is 10.0. The molecule has 0 bridgehead atoms. The Labute approximate surface area is 541 Å².